The summed E-state index contributed by atoms with van der Waals surface area (Å²) >= 11 is 0. The number of imide groups is 1. The Balaban J connectivity index is 1.99. The van der Waals surface area contributed by atoms with Crippen LogP contribution in [0.4, 0.5) is 15.4 Å². The normalized spacial score (nSPS) is 16.4. The second-order valence-electron chi connectivity index (χ2n) is 14.0. The molecule has 3 rings (SSSR count). The lowest BCUT2D eigenvalue weighted by atomic mass is 10.1. The molecule has 40 heavy (non-hydrogen) atoms. The lowest BCUT2D eigenvalue weighted by Gasteiger charge is -2.36. The van der Waals surface area contributed by atoms with Crippen molar-refractivity contribution in [2.24, 2.45) is 0 Å². The number of carbonyl (C=O) groups is 2. The Hall–Kier alpha value is -3.07. The van der Waals surface area contributed by atoms with Crippen LogP contribution in [0.25, 0.3) is 0 Å². The average Bonchev–Trinajstić information content (AvgIpc) is 3.43. The molecule has 0 radical (unpaired) electrons. The third kappa shape index (κ3) is 7.77. The molecule has 9 heteroatoms. The monoisotopic (exact) mass is 569 g/mol. The van der Waals surface area contributed by atoms with Gasteiger partial charge in [0, 0.05) is 18.4 Å². The zero-order valence-electron chi connectivity index (χ0n) is 26.1. The van der Waals surface area contributed by atoms with Crippen molar-refractivity contribution in [2.45, 2.75) is 117 Å². The molecule has 220 valence electrons. The molecule has 2 aromatic rings. The number of allylic oxidation sites excluding steroid dienone is 2. The van der Waals surface area contributed by atoms with Gasteiger partial charge in [-0.05, 0) is 77.7 Å². The molecule has 0 spiro atoms. The summed E-state index contributed by atoms with van der Waals surface area (Å²) in [5, 5.41) is 5.01. The lowest BCUT2D eigenvalue weighted by Crippen LogP contribution is -2.43. The number of benzene rings is 1. The average molecular weight is 570 g/mol. The van der Waals surface area contributed by atoms with Gasteiger partial charge in [0.05, 0.1) is 17.0 Å². The van der Waals surface area contributed by atoms with Crippen molar-refractivity contribution in [2.75, 3.05) is 4.90 Å². The molecule has 1 aliphatic carbocycles. The van der Waals surface area contributed by atoms with Crippen LogP contribution in [0, 0.1) is 0 Å². The summed E-state index contributed by atoms with van der Waals surface area (Å²) in [6.45, 7) is 22.4. The zero-order chi connectivity index (χ0) is 30.1. The first-order valence-electron chi connectivity index (χ1n) is 14.0. The van der Waals surface area contributed by atoms with Crippen LogP contribution in [-0.4, -0.2) is 35.9 Å². The molecule has 0 N–H and O–H groups in total. The van der Waals surface area contributed by atoms with Crippen LogP contribution in [0.2, 0.25) is 18.1 Å². The van der Waals surface area contributed by atoms with Gasteiger partial charge in [0.15, 0.2) is 0 Å². The maximum absolute atomic E-state index is 13.5. The Morgan fingerprint density at radius 2 is 1.62 bits per heavy atom. The number of anilines is 1. The van der Waals surface area contributed by atoms with Gasteiger partial charge >= 0.3 is 12.2 Å². The van der Waals surface area contributed by atoms with Gasteiger partial charge in [0.2, 0.25) is 8.32 Å². The molecule has 1 aliphatic rings. The summed E-state index contributed by atoms with van der Waals surface area (Å²) < 4.78 is 19.5. The number of hydrogen-bond donors (Lipinski definition) is 0. The molecule has 8 nitrogen and oxygen atoms in total. The Labute approximate surface area is 240 Å². The largest absolute Gasteiger partial charge is 0.547 e. The fourth-order valence-corrected chi connectivity index (χ4v) is 5.20. The Kier molecular flexibility index (Phi) is 8.99. The third-order valence-electron chi connectivity index (χ3n) is 7.20. The summed E-state index contributed by atoms with van der Waals surface area (Å²) in [6.07, 6.45) is 2.18. The number of hydrogen-bond acceptors (Lipinski definition) is 6. The Morgan fingerprint density at radius 3 is 2.17 bits per heavy atom. The van der Waals surface area contributed by atoms with E-state index in [1.54, 1.807) is 31.5 Å². The van der Waals surface area contributed by atoms with Crippen LogP contribution in [0.5, 0.6) is 0 Å². The first-order chi connectivity index (χ1) is 18.3. The van der Waals surface area contributed by atoms with E-state index in [4.69, 9.17) is 19.0 Å². The van der Waals surface area contributed by atoms with E-state index < -0.39 is 31.6 Å². The lowest BCUT2D eigenvalue weighted by molar-refractivity contribution is 0.0560. The minimum atomic E-state index is -1.97. The van der Waals surface area contributed by atoms with E-state index in [0.717, 1.165) is 34.8 Å². The maximum Gasteiger partial charge on any atom is 0.425 e. The summed E-state index contributed by atoms with van der Waals surface area (Å²) in [5.41, 5.74) is 0.240. The van der Waals surface area contributed by atoms with Gasteiger partial charge < -0.3 is 13.9 Å². The number of carbonyl (C=O) groups excluding carboxylic acids is 2. The quantitative estimate of drug-likeness (QED) is 0.324. The first kappa shape index (κ1) is 31.5. The van der Waals surface area contributed by atoms with Crippen LogP contribution in [0.15, 0.2) is 48.2 Å². The number of aromatic nitrogens is 2. The van der Waals surface area contributed by atoms with Crippen LogP contribution < -0.4 is 4.90 Å². The van der Waals surface area contributed by atoms with E-state index in [1.807, 2.05) is 51.1 Å². The standard InChI is InChI=1S/C31H47N3O5Si/c1-29(2,3)34-26(20-25(32-34)23-17-18-24(19-23)39-40(10,11)31(7,8)9)33(28(36)38-30(4,5)6)27(35)37-21-22-15-13-12-14-16-22/h12-16,19-20,23H,17-18,21H2,1-11H3. The van der Waals surface area contributed by atoms with Crippen LogP contribution in [-0.2, 0) is 26.0 Å². The second kappa shape index (κ2) is 11.4. The van der Waals surface area contributed by atoms with E-state index in [0.29, 0.717) is 5.82 Å². The fraction of sp³-hybridized carbons (Fsp3) is 0.581. The predicted octanol–water partition coefficient (Wildman–Crippen LogP) is 8.50. The molecule has 1 atom stereocenters. The minimum Gasteiger partial charge on any atom is -0.547 e. The predicted molar refractivity (Wildman–Crippen MR) is 161 cm³/mol. The molecule has 2 amide bonds. The summed E-state index contributed by atoms with van der Waals surface area (Å²) in [5.74, 6) is 1.31. The molecular weight excluding hydrogens is 522 g/mol. The third-order valence-corrected chi connectivity index (χ3v) is 11.6. The van der Waals surface area contributed by atoms with Crippen LogP contribution in [0.1, 0.15) is 92.3 Å². The smallest absolute Gasteiger partial charge is 0.425 e. The van der Waals surface area contributed by atoms with Gasteiger partial charge in [0.25, 0.3) is 0 Å². The van der Waals surface area contributed by atoms with Crippen molar-refractivity contribution in [1.82, 2.24) is 9.78 Å². The van der Waals surface area contributed by atoms with Gasteiger partial charge in [-0.15, -0.1) is 0 Å². The SMILES string of the molecule is CC(C)(C)OC(=O)N(C(=O)OCc1ccccc1)c1cc(C2C=C(O[Si](C)(C)C(C)(C)C)CC2)nn1C(C)(C)C. The highest BCUT2D eigenvalue weighted by molar-refractivity contribution is 6.74. The van der Waals surface area contributed by atoms with Gasteiger partial charge in [-0.2, -0.15) is 10.00 Å². The van der Waals surface area contributed by atoms with E-state index in [2.05, 4.69) is 39.9 Å². The highest BCUT2D eigenvalue weighted by Crippen LogP contribution is 2.42. The van der Waals surface area contributed by atoms with Crippen molar-refractivity contribution >= 4 is 26.3 Å². The van der Waals surface area contributed by atoms with E-state index in [1.165, 1.54) is 0 Å². The minimum absolute atomic E-state index is 0.00273. The van der Waals surface area contributed by atoms with Crippen molar-refractivity contribution in [1.29, 1.82) is 0 Å². The maximum atomic E-state index is 13.5. The molecule has 0 saturated heterocycles. The van der Waals surface area contributed by atoms with Crippen molar-refractivity contribution in [3.63, 3.8) is 0 Å². The first-order valence-corrected chi connectivity index (χ1v) is 16.9. The molecule has 1 aromatic carbocycles. The second-order valence-corrected chi connectivity index (χ2v) is 18.7. The Morgan fingerprint density at radius 1 is 1.00 bits per heavy atom. The van der Waals surface area contributed by atoms with Gasteiger partial charge in [-0.1, -0.05) is 51.1 Å². The highest BCUT2D eigenvalue weighted by atomic mass is 28.4. The van der Waals surface area contributed by atoms with Crippen LogP contribution in [0.3, 0.4) is 0 Å². The summed E-state index contributed by atoms with van der Waals surface area (Å²) in [6, 6.07) is 11.1. The van der Waals surface area contributed by atoms with Crippen molar-refractivity contribution in [3.05, 3.63) is 59.5 Å². The topological polar surface area (TPSA) is 82.9 Å². The van der Waals surface area contributed by atoms with Gasteiger partial charge in [-0.3, -0.25) is 0 Å². The molecule has 0 bridgehead atoms. The molecule has 1 unspecified atom stereocenters. The molecule has 0 aliphatic heterocycles. The molecule has 1 heterocycles. The molecule has 0 fully saturated rings. The van der Waals surface area contributed by atoms with E-state index in [-0.39, 0.29) is 17.6 Å². The van der Waals surface area contributed by atoms with Crippen molar-refractivity contribution in [3.8, 4) is 0 Å². The Bertz CT molecular complexity index is 1230. The fourth-order valence-electron chi connectivity index (χ4n) is 4.06. The van der Waals surface area contributed by atoms with Crippen LogP contribution >= 0.6 is 0 Å². The zero-order valence-corrected chi connectivity index (χ0v) is 27.1. The molecule has 1 aromatic heterocycles. The van der Waals surface area contributed by atoms with E-state index >= 15 is 0 Å². The number of rotatable bonds is 6. The van der Waals surface area contributed by atoms with E-state index in [9.17, 15) is 9.59 Å². The summed E-state index contributed by atoms with van der Waals surface area (Å²) in [7, 11) is -1.97. The van der Waals surface area contributed by atoms with Gasteiger partial charge in [-0.25, -0.2) is 14.3 Å². The molecule has 0 saturated carbocycles. The highest BCUT2D eigenvalue weighted by Gasteiger charge is 2.41. The number of ether oxygens (including phenoxy) is 2. The summed E-state index contributed by atoms with van der Waals surface area (Å²) in [4.78, 5) is 27.9. The van der Waals surface area contributed by atoms with Crippen molar-refractivity contribution < 1.29 is 23.5 Å². The molecular formula is C31H47N3O5Si. The van der Waals surface area contributed by atoms with Gasteiger partial charge in [0.1, 0.15) is 18.0 Å². The number of nitrogens with zero attached hydrogens (tertiary/aromatic N) is 3. The number of amides is 2.